The van der Waals surface area contributed by atoms with Gasteiger partial charge in [0.25, 0.3) is 0 Å². The minimum Gasteiger partial charge on any atom is -0.396 e. The second-order valence-electron chi connectivity index (χ2n) is 6.21. The molecule has 1 heterocycles. The number of anilines is 1. The van der Waals surface area contributed by atoms with Crippen molar-refractivity contribution < 1.29 is 9.90 Å². The Morgan fingerprint density at radius 1 is 1.33 bits per heavy atom. The zero-order chi connectivity index (χ0) is 15.2. The zero-order valence-electron chi connectivity index (χ0n) is 13.0. The molecule has 1 aromatic rings. The molecule has 2 N–H and O–H groups in total. The number of nitrogens with zero attached hydrogens (tertiary/aromatic N) is 1. The molecular weight excluding hydrogens is 264 g/mol. The predicted octanol–water partition coefficient (Wildman–Crippen LogP) is 2.04. The van der Waals surface area contributed by atoms with Crippen LogP contribution in [-0.4, -0.2) is 36.8 Å². The van der Waals surface area contributed by atoms with Gasteiger partial charge in [0.2, 0.25) is 5.91 Å². The van der Waals surface area contributed by atoms with Crippen LogP contribution in [0.4, 0.5) is 5.69 Å². The van der Waals surface area contributed by atoms with Crippen LogP contribution in [0, 0.1) is 11.8 Å². The van der Waals surface area contributed by atoms with Gasteiger partial charge in [-0.05, 0) is 30.9 Å². The van der Waals surface area contributed by atoms with Gasteiger partial charge >= 0.3 is 0 Å². The van der Waals surface area contributed by atoms with Gasteiger partial charge in [0, 0.05) is 37.3 Å². The number of benzene rings is 1. The third-order valence-electron chi connectivity index (χ3n) is 4.07. The molecule has 1 fully saturated rings. The van der Waals surface area contributed by atoms with Gasteiger partial charge in [-0.25, -0.2) is 0 Å². The van der Waals surface area contributed by atoms with Crippen LogP contribution in [0.3, 0.4) is 0 Å². The summed E-state index contributed by atoms with van der Waals surface area (Å²) in [4.78, 5) is 14.3. The molecular formula is C17H26N2O2. The molecule has 0 aromatic heterocycles. The Morgan fingerprint density at radius 2 is 2.05 bits per heavy atom. The summed E-state index contributed by atoms with van der Waals surface area (Å²) in [5, 5.41) is 12.4. The second-order valence-corrected chi connectivity index (χ2v) is 6.21. The lowest BCUT2D eigenvalue weighted by Crippen LogP contribution is -2.51. The molecule has 0 spiro atoms. The van der Waals surface area contributed by atoms with Gasteiger partial charge in [0.05, 0.1) is 0 Å². The Balaban J connectivity index is 2.06. The number of aliphatic hydroxyl groups is 1. The van der Waals surface area contributed by atoms with Crippen molar-refractivity contribution in [2.75, 3.05) is 24.6 Å². The number of para-hydroxylation sites is 1. The van der Waals surface area contributed by atoms with E-state index in [4.69, 9.17) is 0 Å². The molecule has 1 amide bonds. The Bertz CT molecular complexity index is 447. The Morgan fingerprint density at radius 3 is 2.67 bits per heavy atom. The molecule has 1 aromatic carbocycles. The van der Waals surface area contributed by atoms with Crippen LogP contribution in [0.15, 0.2) is 30.3 Å². The number of rotatable bonds is 5. The Kier molecular flexibility index (Phi) is 5.62. The van der Waals surface area contributed by atoms with E-state index in [-0.39, 0.29) is 24.5 Å². The molecule has 1 aliphatic rings. The maximum absolute atomic E-state index is 11.9. The highest BCUT2D eigenvalue weighted by Crippen LogP contribution is 2.25. The van der Waals surface area contributed by atoms with Crippen molar-refractivity contribution in [3.8, 4) is 0 Å². The van der Waals surface area contributed by atoms with Gasteiger partial charge in [0.1, 0.15) is 0 Å². The normalized spacial score (nSPS) is 22.4. The number of carbonyl (C=O) groups excluding carboxylic acids is 1. The Hall–Kier alpha value is -1.55. The van der Waals surface area contributed by atoms with Crippen molar-refractivity contribution in [1.29, 1.82) is 0 Å². The smallest absolute Gasteiger partial charge is 0.222 e. The Labute approximate surface area is 127 Å². The summed E-state index contributed by atoms with van der Waals surface area (Å²) >= 11 is 0. The van der Waals surface area contributed by atoms with Crippen molar-refractivity contribution >= 4 is 11.6 Å². The molecule has 4 heteroatoms. The van der Waals surface area contributed by atoms with E-state index < -0.39 is 0 Å². The summed E-state index contributed by atoms with van der Waals surface area (Å²) in [6, 6.07) is 10.4. The van der Waals surface area contributed by atoms with Crippen LogP contribution in [0.5, 0.6) is 0 Å². The highest BCUT2D eigenvalue weighted by molar-refractivity contribution is 5.78. The molecule has 2 atom stereocenters. The lowest BCUT2D eigenvalue weighted by molar-refractivity contribution is -0.124. The first-order valence-corrected chi connectivity index (χ1v) is 7.81. The molecule has 0 bridgehead atoms. The van der Waals surface area contributed by atoms with E-state index in [0.29, 0.717) is 5.92 Å². The molecule has 1 saturated heterocycles. The highest BCUT2D eigenvalue weighted by atomic mass is 16.3. The standard InChI is InChI=1S/C17H26N2O2/c1-13(2)17(21)18-15-10-14(8-9-20)11-19(12-15)16-6-4-3-5-7-16/h3-7,13-15,20H,8-12H2,1-2H3,(H,18,21). The summed E-state index contributed by atoms with van der Waals surface area (Å²) in [7, 11) is 0. The molecule has 0 saturated carbocycles. The lowest BCUT2D eigenvalue weighted by atomic mass is 9.91. The van der Waals surface area contributed by atoms with Gasteiger partial charge in [-0.15, -0.1) is 0 Å². The lowest BCUT2D eigenvalue weighted by Gasteiger charge is -2.39. The summed E-state index contributed by atoms with van der Waals surface area (Å²) in [5.41, 5.74) is 1.18. The number of hydrogen-bond donors (Lipinski definition) is 2. The third-order valence-corrected chi connectivity index (χ3v) is 4.07. The summed E-state index contributed by atoms with van der Waals surface area (Å²) in [6.45, 7) is 5.82. The van der Waals surface area contributed by atoms with Crippen LogP contribution in [0.25, 0.3) is 0 Å². The fourth-order valence-corrected chi connectivity index (χ4v) is 2.92. The third kappa shape index (κ3) is 4.46. The quantitative estimate of drug-likeness (QED) is 0.872. The van der Waals surface area contributed by atoms with Gasteiger partial charge in [-0.2, -0.15) is 0 Å². The molecule has 2 unspecified atom stereocenters. The number of amides is 1. The summed E-state index contributed by atoms with van der Waals surface area (Å²) < 4.78 is 0. The van der Waals surface area contributed by atoms with Crippen LogP contribution < -0.4 is 10.2 Å². The molecule has 0 aliphatic carbocycles. The van der Waals surface area contributed by atoms with Crippen molar-refractivity contribution in [3.05, 3.63) is 30.3 Å². The second kappa shape index (κ2) is 7.46. The van der Waals surface area contributed by atoms with E-state index in [9.17, 15) is 9.90 Å². The number of piperidine rings is 1. The molecule has 4 nitrogen and oxygen atoms in total. The summed E-state index contributed by atoms with van der Waals surface area (Å²) in [6.07, 6.45) is 1.74. The van der Waals surface area contributed by atoms with Crippen molar-refractivity contribution in [2.45, 2.75) is 32.7 Å². The van der Waals surface area contributed by atoms with E-state index >= 15 is 0 Å². The minimum atomic E-state index is 0.00777. The van der Waals surface area contributed by atoms with Crippen molar-refractivity contribution in [3.63, 3.8) is 0 Å². The van der Waals surface area contributed by atoms with Gasteiger partial charge in [-0.3, -0.25) is 4.79 Å². The zero-order valence-corrected chi connectivity index (χ0v) is 13.0. The van der Waals surface area contributed by atoms with E-state index in [0.717, 1.165) is 25.9 Å². The van der Waals surface area contributed by atoms with Crippen LogP contribution in [0.2, 0.25) is 0 Å². The fraction of sp³-hybridized carbons (Fsp3) is 0.588. The first-order chi connectivity index (χ1) is 10.1. The highest BCUT2D eigenvalue weighted by Gasteiger charge is 2.28. The van der Waals surface area contributed by atoms with Crippen LogP contribution in [0.1, 0.15) is 26.7 Å². The number of hydrogen-bond acceptors (Lipinski definition) is 3. The van der Waals surface area contributed by atoms with E-state index in [1.165, 1.54) is 5.69 Å². The fourth-order valence-electron chi connectivity index (χ4n) is 2.92. The van der Waals surface area contributed by atoms with E-state index in [1.54, 1.807) is 0 Å². The first-order valence-electron chi connectivity index (χ1n) is 7.81. The first kappa shape index (κ1) is 15.8. The van der Waals surface area contributed by atoms with Gasteiger partial charge in [0.15, 0.2) is 0 Å². The van der Waals surface area contributed by atoms with Gasteiger partial charge in [-0.1, -0.05) is 32.0 Å². The molecule has 2 rings (SSSR count). The average molecular weight is 290 g/mol. The molecule has 1 aliphatic heterocycles. The minimum absolute atomic E-state index is 0.00777. The SMILES string of the molecule is CC(C)C(=O)NC1CC(CCO)CN(c2ccccc2)C1. The maximum atomic E-state index is 11.9. The van der Waals surface area contributed by atoms with Crippen molar-refractivity contribution in [2.24, 2.45) is 11.8 Å². The van der Waals surface area contributed by atoms with Crippen molar-refractivity contribution in [1.82, 2.24) is 5.32 Å². The summed E-state index contributed by atoms with van der Waals surface area (Å²) in [5.74, 6) is 0.535. The molecule has 0 radical (unpaired) electrons. The molecule has 116 valence electrons. The van der Waals surface area contributed by atoms with Gasteiger partial charge < -0.3 is 15.3 Å². The number of aliphatic hydroxyl groups excluding tert-OH is 1. The predicted molar refractivity (Wildman–Crippen MR) is 85.2 cm³/mol. The van der Waals surface area contributed by atoms with Crippen LogP contribution in [-0.2, 0) is 4.79 Å². The largest absolute Gasteiger partial charge is 0.396 e. The average Bonchev–Trinajstić information content (AvgIpc) is 2.48. The monoisotopic (exact) mass is 290 g/mol. The van der Waals surface area contributed by atoms with Crippen LogP contribution >= 0.6 is 0 Å². The topological polar surface area (TPSA) is 52.6 Å². The number of nitrogens with one attached hydrogen (secondary N) is 1. The maximum Gasteiger partial charge on any atom is 0.222 e. The molecule has 21 heavy (non-hydrogen) atoms. The van der Waals surface area contributed by atoms with E-state index in [1.807, 2.05) is 32.0 Å². The number of carbonyl (C=O) groups is 1. The van der Waals surface area contributed by atoms with E-state index in [2.05, 4.69) is 22.3 Å².